The zero-order chi connectivity index (χ0) is 15.6. The molecule has 0 rings (SSSR count). The molecule has 0 aliphatic carbocycles. The quantitative estimate of drug-likeness (QED) is 0.210. The summed E-state index contributed by atoms with van der Waals surface area (Å²) < 4.78 is 10.6. The molecule has 0 heterocycles. The monoisotopic (exact) mass is 360 g/mol. The van der Waals surface area contributed by atoms with Gasteiger partial charge in [0.15, 0.2) is 0 Å². The van der Waals surface area contributed by atoms with Crippen LogP contribution in [0.5, 0.6) is 0 Å². The minimum Gasteiger partial charge on any atom is -0.466 e. The number of carbonyl (C=O) groups excluding carboxylic acids is 1. The molecule has 0 amide bonds. The summed E-state index contributed by atoms with van der Waals surface area (Å²) in [6.07, 6.45) is 8.49. The van der Waals surface area contributed by atoms with Crippen molar-refractivity contribution >= 4 is 21.9 Å². The Morgan fingerprint density at radius 1 is 0.952 bits per heavy atom. The van der Waals surface area contributed by atoms with Gasteiger partial charge in [-0.05, 0) is 25.7 Å². The van der Waals surface area contributed by atoms with Crippen molar-refractivity contribution < 1.29 is 14.3 Å². The zero-order valence-corrected chi connectivity index (χ0v) is 14.9. The number of esters is 1. The average molecular weight is 361 g/mol. The third-order valence-corrected chi connectivity index (χ3v) is 3.39. The fourth-order valence-corrected chi connectivity index (χ4v) is 2.05. The van der Waals surface area contributed by atoms with Crippen LogP contribution < -0.4 is 0 Å². The SMILES string of the molecule is CCCC#CCCOCCCC(=O)OCCCCCCBr. The van der Waals surface area contributed by atoms with E-state index in [2.05, 4.69) is 34.7 Å². The normalized spacial score (nSPS) is 10.0. The first-order valence-corrected chi connectivity index (χ1v) is 9.18. The molecule has 3 nitrogen and oxygen atoms in total. The maximum absolute atomic E-state index is 11.4. The fourth-order valence-electron chi connectivity index (χ4n) is 1.65. The van der Waals surface area contributed by atoms with Crippen molar-refractivity contribution in [2.75, 3.05) is 25.2 Å². The summed E-state index contributed by atoms with van der Waals surface area (Å²) >= 11 is 3.40. The lowest BCUT2D eigenvalue weighted by atomic mass is 10.2. The molecule has 122 valence electrons. The van der Waals surface area contributed by atoms with Crippen LogP contribution in [-0.4, -0.2) is 31.1 Å². The Balaban J connectivity index is 3.21. The van der Waals surface area contributed by atoms with Gasteiger partial charge >= 0.3 is 5.97 Å². The van der Waals surface area contributed by atoms with Gasteiger partial charge in [-0.2, -0.15) is 0 Å². The smallest absolute Gasteiger partial charge is 0.305 e. The number of halogens is 1. The molecule has 0 aromatic carbocycles. The Morgan fingerprint density at radius 3 is 2.48 bits per heavy atom. The molecule has 0 saturated heterocycles. The molecule has 0 N–H and O–H groups in total. The molecule has 4 heteroatoms. The third-order valence-electron chi connectivity index (χ3n) is 2.83. The molecular formula is C17H29BrO3. The Labute approximate surface area is 138 Å². The van der Waals surface area contributed by atoms with E-state index < -0.39 is 0 Å². The standard InChI is InChI=1S/C17H29BrO3/c1-2-3-4-6-9-14-20-15-11-12-17(19)21-16-10-7-5-8-13-18/h2-3,5,7-16H2,1H3. The van der Waals surface area contributed by atoms with Gasteiger partial charge in [-0.15, -0.1) is 11.8 Å². The number of carbonyl (C=O) groups is 1. The van der Waals surface area contributed by atoms with Crippen LogP contribution in [0.1, 0.15) is 64.7 Å². The van der Waals surface area contributed by atoms with Gasteiger partial charge in [0.05, 0.1) is 13.2 Å². The summed E-state index contributed by atoms with van der Waals surface area (Å²) in [5.41, 5.74) is 0. The molecule has 0 unspecified atom stereocenters. The Hall–Kier alpha value is -0.530. The minimum absolute atomic E-state index is 0.109. The first kappa shape index (κ1) is 20.5. The van der Waals surface area contributed by atoms with E-state index in [4.69, 9.17) is 9.47 Å². The van der Waals surface area contributed by atoms with Crippen molar-refractivity contribution in [3.63, 3.8) is 0 Å². The highest BCUT2D eigenvalue weighted by Crippen LogP contribution is 2.03. The van der Waals surface area contributed by atoms with Gasteiger partial charge in [0.25, 0.3) is 0 Å². The van der Waals surface area contributed by atoms with Gasteiger partial charge in [-0.3, -0.25) is 4.79 Å². The van der Waals surface area contributed by atoms with Crippen LogP contribution in [0, 0.1) is 11.8 Å². The lowest BCUT2D eigenvalue weighted by Crippen LogP contribution is -2.07. The average Bonchev–Trinajstić information content (AvgIpc) is 2.49. The highest BCUT2D eigenvalue weighted by atomic mass is 79.9. The van der Waals surface area contributed by atoms with Crippen molar-refractivity contribution in [3.8, 4) is 11.8 Å². The maximum atomic E-state index is 11.4. The van der Waals surface area contributed by atoms with E-state index in [9.17, 15) is 4.79 Å². The molecule has 0 saturated carbocycles. The summed E-state index contributed by atoms with van der Waals surface area (Å²) in [5, 5.41) is 1.05. The second-order valence-electron chi connectivity index (χ2n) is 4.89. The predicted molar refractivity (Wildman–Crippen MR) is 90.6 cm³/mol. The Morgan fingerprint density at radius 2 is 1.71 bits per heavy atom. The van der Waals surface area contributed by atoms with Crippen LogP contribution >= 0.6 is 15.9 Å². The Bertz CT molecular complexity index is 294. The van der Waals surface area contributed by atoms with Crippen LogP contribution in [0.3, 0.4) is 0 Å². The Kier molecular flexibility index (Phi) is 17.1. The van der Waals surface area contributed by atoms with E-state index in [1.165, 1.54) is 12.8 Å². The number of ether oxygens (including phenoxy) is 2. The lowest BCUT2D eigenvalue weighted by molar-refractivity contribution is -0.144. The van der Waals surface area contributed by atoms with Gasteiger partial charge in [0.1, 0.15) is 0 Å². The van der Waals surface area contributed by atoms with Crippen molar-refractivity contribution in [2.24, 2.45) is 0 Å². The fraction of sp³-hybridized carbons (Fsp3) is 0.824. The topological polar surface area (TPSA) is 35.5 Å². The highest BCUT2D eigenvalue weighted by molar-refractivity contribution is 9.09. The number of hydrogen-bond acceptors (Lipinski definition) is 3. The van der Waals surface area contributed by atoms with Crippen LogP contribution in [0.15, 0.2) is 0 Å². The summed E-state index contributed by atoms with van der Waals surface area (Å²) in [4.78, 5) is 11.4. The number of rotatable bonds is 13. The minimum atomic E-state index is -0.109. The molecule has 0 bridgehead atoms. The maximum Gasteiger partial charge on any atom is 0.305 e. The first-order valence-electron chi connectivity index (χ1n) is 8.06. The van der Waals surface area contributed by atoms with Gasteiger partial charge in [-0.25, -0.2) is 0 Å². The second-order valence-corrected chi connectivity index (χ2v) is 5.69. The second kappa shape index (κ2) is 17.5. The molecule has 0 radical (unpaired) electrons. The van der Waals surface area contributed by atoms with Crippen molar-refractivity contribution in [3.05, 3.63) is 0 Å². The molecule has 0 atom stereocenters. The van der Waals surface area contributed by atoms with E-state index in [1.54, 1.807) is 0 Å². The van der Waals surface area contributed by atoms with Crippen LogP contribution in [0.4, 0.5) is 0 Å². The summed E-state index contributed by atoms with van der Waals surface area (Å²) in [7, 11) is 0. The third kappa shape index (κ3) is 17.4. The molecule has 0 aromatic heterocycles. The molecule has 21 heavy (non-hydrogen) atoms. The molecular weight excluding hydrogens is 332 g/mol. The largest absolute Gasteiger partial charge is 0.466 e. The van der Waals surface area contributed by atoms with Crippen LogP contribution in [0.2, 0.25) is 0 Å². The van der Waals surface area contributed by atoms with E-state index >= 15 is 0 Å². The predicted octanol–water partition coefficient (Wildman–Crippen LogP) is 4.48. The summed E-state index contributed by atoms with van der Waals surface area (Å²) in [6, 6.07) is 0. The molecule has 0 aromatic rings. The van der Waals surface area contributed by atoms with Gasteiger partial charge in [0.2, 0.25) is 0 Å². The zero-order valence-electron chi connectivity index (χ0n) is 13.3. The van der Waals surface area contributed by atoms with E-state index in [0.717, 1.165) is 43.9 Å². The summed E-state index contributed by atoms with van der Waals surface area (Å²) in [5.74, 6) is 6.03. The molecule has 0 spiro atoms. The molecule has 0 fully saturated rings. The number of alkyl halides is 1. The van der Waals surface area contributed by atoms with E-state index in [-0.39, 0.29) is 5.97 Å². The van der Waals surface area contributed by atoms with E-state index in [0.29, 0.717) is 26.2 Å². The lowest BCUT2D eigenvalue weighted by Gasteiger charge is -2.05. The van der Waals surface area contributed by atoms with Gasteiger partial charge < -0.3 is 9.47 Å². The number of hydrogen-bond donors (Lipinski definition) is 0. The number of unbranched alkanes of at least 4 members (excludes halogenated alkanes) is 4. The van der Waals surface area contributed by atoms with E-state index in [1.807, 2.05) is 0 Å². The molecule has 0 aliphatic heterocycles. The first-order chi connectivity index (χ1) is 10.3. The van der Waals surface area contributed by atoms with Gasteiger partial charge in [0, 0.05) is 31.2 Å². The van der Waals surface area contributed by atoms with Crippen LogP contribution in [0.25, 0.3) is 0 Å². The summed E-state index contributed by atoms with van der Waals surface area (Å²) in [6.45, 7) is 3.93. The van der Waals surface area contributed by atoms with Crippen LogP contribution in [-0.2, 0) is 14.3 Å². The van der Waals surface area contributed by atoms with Crippen molar-refractivity contribution in [1.29, 1.82) is 0 Å². The highest BCUT2D eigenvalue weighted by Gasteiger charge is 2.02. The molecule has 0 aliphatic rings. The van der Waals surface area contributed by atoms with Gasteiger partial charge in [-0.1, -0.05) is 35.7 Å². The van der Waals surface area contributed by atoms with Crippen molar-refractivity contribution in [1.82, 2.24) is 0 Å². The van der Waals surface area contributed by atoms with Crippen molar-refractivity contribution in [2.45, 2.75) is 64.7 Å².